The summed E-state index contributed by atoms with van der Waals surface area (Å²) in [5.41, 5.74) is 0.460. The van der Waals surface area contributed by atoms with Crippen molar-refractivity contribution < 1.29 is 10.2 Å². The fraction of sp³-hybridized carbons (Fsp3) is 0.867. The van der Waals surface area contributed by atoms with Gasteiger partial charge in [-0.3, -0.25) is 0 Å². The maximum Gasteiger partial charge on any atom is 0.106 e. The first-order valence-corrected chi connectivity index (χ1v) is 6.92. The summed E-state index contributed by atoms with van der Waals surface area (Å²) in [5, 5.41) is 19.5. The molecular formula is C15H26O2. The Labute approximate surface area is 105 Å². The largest absolute Gasteiger partial charge is 0.393 e. The van der Waals surface area contributed by atoms with E-state index in [9.17, 15) is 10.2 Å². The molecule has 0 amide bonds. The molecule has 2 aliphatic rings. The third-order valence-corrected chi connectivity index (χ3v) is 5.24. The second-order valence-corrected chi connectivity index (χ2v) is 6.70. The molecule has 2 rings (SSSR count). The Morgan fingerprint density at radius 2 is 2.24 bits per heavy atom. The van der Waals surface area contributed by atoms with Crippen LogP contribution < -0.4 is 0 Å². The summed E-state index contributed by atoms with van der Waals surface area (Å²) in [6, 6.07) is 0. The van der Waals surface area contributed by atoms with E-state index in [0.29, 0.717) is 11.3 Å². The topological polar surface area (TPSA) is 40.5 Å². The van der Waals surface area contributed by atoms with Crippen LogP contribution in [0.25, 0.3) is 0 Å². The average molecular weight is 238 g/mol. The number of hydrogen-bond acceptors (Lipinski definition) is 2. The van der Waals surface area contributed by atoms with Crippen molar-refractivity contribution in [3.05, 3.63) is 11.6 Å². The van der Waals surface area contributed by atoms with Crippen molar-refractivity contribution in [2.75, 3.05) is 6.61 Å². The number of aliphatic hydroxyl groups excluding tert-OH is 1. The molecule has 0 aromatic rings. The fourth-order valence-electron chi connectivity index (χ4n) is 3.82. The lowest BCUT2D eigenvalue weighted by molar-refractivity contribution is 0.00545. The summed E-state index contributed by atoms with van der Waals surface area (Å²) in [6.07, 6.45) is 8.18. The monoisotopic (exact) mass is 238 g/mol. The summed E-state index contributed by atoms with van der Waals surface area (Å²) in [5.74, 6) is 1.42. The minimum atomic E-state index is -1.02. The van der Waals surface area contributed by atoms with Crippen LogP contribution in [0, 0.1) is 17.3 Å². The molecule has 17 heavy (non-hydrogen) atoms. The number of aliphatic hydroxyl groups is 2. The number of rotatable bonds is 2. The van der Waals surface area contributed by atoms with Crippen LogP contribution in [0.3, 0.4) is 0 Å². The smallest absolute Gasteiger partial charge is 0.106 e. The summed E-state index contributed by atoms with van der Waals surface area (Å²) < 4.78 is 0. The number of hydrogen-bond donors (Lipinski definition) is 2. The van der Waals surface area contributed by atoms with Crippen molar-refractivity contribution in [1.29, 1.82) is 0 Å². The minimum absolute atomic E-state index is 0.170. The first-order valence-electron chi connectivity index (χ1n) is 6.92. The van der Waals surface area contributed by atoms with E-state index in [0.717, 1.165) is 24.3 Å². The lowest BCUT2D eigenvalue weighted by atomic mass is 9.56. The van der Waals surface area contributed by atoms with Gasteiger partial charge in [0.25, 0.3) is 0 Å². The van der Waals surface area contributed by atoms with Crippen LogP contribution in [-0.2, 0) is 0 Å². The molecule has 0 saturated heterocycles. The minimum Gasteiger partial charge on any atom is -0.393 e. The molecule has 0 spiro atoms. The van der Waals surface area contributed by atoms with E-state index in [1.807, 2.05) is 0 Å². The second kappa shape index (κ2) is 4.40. The lowest BCUT2D eigenvalue weighted by Gasteiger charge is -2.49. The molecule has 2 nitrogen and oxygen atoms in total. The van der Waals surface area contributed by atoms with E-state index in [-0.39, 0.29) is 6.61 Å². The molecule has 0 heterocycles. The molecule has 0 radical (unpaired) electrons. The molecule has 0 aromatic heterocycles. The highest BCUT2D eigenvalue weighted by Crippen LogP contribution is 2.53. The van der Waals surface area contributed by atoms with E-state index in [1.54, 1.807) is 6.92 Å². The Hall–Kier alpha value is -0.340. The molecule has 0 bridgehead atoms. The maximum absolute atomic E-state index is 10.2. The van der Waals surface area contributed by atoms with Gasteiger partial charge in [-0.2, -0.15) is 0 Å². The quantitative estimate of drug-likeness (QED) is 0.726. The summed E-state index contributed by atoms with van der Waals surface area (Å²) in [6.45, 7) is 6.30. The van der Waals surface area contributed by atoms with Crippen molar-refractivity contribution >= 4 is 0 Å². The van der Waals surface area contributed by atoms with E-state index >= 15 is 0 Å². The molecule has 1 saturated carbocycles. The Morgan fingerprint density at radius 3 is 2.88 bits per heavy atom. The van der Waals surface area contributed by atoms with Gasteiger partial charge in [0.1, 0.15) is 5.60 Å². The van der Waals surface area contributed by atoms with E-state index < -0.39 is 5.60 Å². The Morgan fingerprint density at radius 1 is 1.53 bits per heavy atom. The lowest BCUT2D eigenvalue weighted by Crippen LogP contribution is -2.42. The average Bonchev–Trinajstić information content (AvgIpc) is 2.28. The summed E-state index contributed by atoms with van der Waals surface area (Å²) in [7, 11) is 0. The first-order chi connectivity index (χ1) is 7.89. The molecule has 2 N–H and O–H groups in total. The molecule has 2 aliphatic carbocycles. The van der Waals surface area contributed by atoms with E-state index in [4.69, 9.17) is 0 Å². The predicted octanol–water partition coefficient (Wildman–Crippen LogP) is 2.89. The Balaban J connectivity index is 2.22. The highest BCUT2D eigenvalue weighted by Gasteiger charge is 2.44. The Kier molecular flexibility index (Phi) is 3.39. The fourth-order valence-corrected chi connectivity index (χ4v) is 3.82. The van der Waals surface area contributed by atoms with Crippen molar-refractivity contribution in [3.63, 3.8) is 0 Å². The van der Waals surface area contributed by atoms with Gasteiger partial charge < -0.3 is 10.2 Å². The van der Waals surface area contributed by atoms with Gasteiger partial charge in [-0.15, -0.1) is 0 Å². The zero-order chi connectivity index (χ0) is 12.7. The van der Waals surface area contributed by atoms with Gasteiger partial charge in [0.05, 0.1) is 6.61 Å². The molecule has 0 aromatic carbocycles. The normalized spacial score (nSPS) is 41.4. The van der Waals surface area contributed by atoms with Crippen LogP contribution in [0.15, 0.2) is 11.6 Å². The van der Waals surface area contributed by atoms with Gasteiger partial charge in [-0.25, -0.2) is 0 Å². The van der Waals surface area contributed by atoms with Gasteiger partial charge in [-0.05, 0) is 49.0 Å². The molecular weight excluding hydrogens is 212 g/mol. The zero-order valence-electron chi connectivity index (χ0n) is 11.4. The number of fused-ring (bicyclic) bond motifs is 1. The molecule has 0 aliphatic heterocycles. The van der Waals surface area contributed by atoms with Crippen LogP contribution in [-0.4, -0.2) is 22.4 Å². The van der Waals surface area contributed by atoms with Gasteiger partial charge in [0.2, 0.25) is 0 Å². The van der Waals surface area contributed by atoms with Crippen molar-refractivity contribution in [1.82, 2.24) is 0 Å². The van der Waals surface area contributed by atoms with E-state index in [2.05, 4.69) is 19.9 Å². The second-order valence-electron chi connectivity index (χ2n) is 6.70. The zero-order valence-corrected chi connectivity index (χ0v) is 11.4. The van der Waals surface area contributed by atoms with Gasteiger partial charge in [-0.1, -0.05) is 32.8 Å². The van der Waals surface area contributed by atoms with Crippen LogP contribution in [0.4, 0.5) is 0 Å². The first kappa shape index (κ1) is 13.1. The molecule has 98 valence electrons. The van der Waals surface area contributed by atoms with Crippen molar-refractivity contribution in [2.45, 2.75) is 58.5 Å². The molecule has 4 atom stereocenters. The van der Waals surface area contributed by atoms with Crippen molar-refractivity contribution in [2.24, 2.45) is 17.3 Å². The van der Waals surface area contributed by atoms with Crippen LogP contribution >= 0.6 is 0 Å². The standard InChI is InChI=1S/C15H26O2/c1-11-5-4-7-14(2)8-6-12(9-13(11)14)15(3,17)10-16/h6,11,13,16-17H,4-5,7-10H2,1-3H3/t11-,13-,14+,15-/m0/s1. The molecule has 1 fully saturated rings. The highest BCUT2D eigenvalue weighted by atomic mass is 16.3. The molecule has 0 unspecified atom stereocenters. The maximum atomic E-state index is 10.2. The SMILES string of the molecule is C[C@H]1CCC[C@]2(C)CC=C([C@@](C)(O)CO)C[C@@H]12. The Bertz CT molecular complexity index is 319. The third-order valence-electron chi connectivity index (χ3n) is 5.24. The van der Waals surface area contributed by atoms with Gasteiger partial charge in [0, 0.05) is 0 Å². The number of allylic oxidation sites excluding steroid dienone is 1. The van der Waals surface area contributed by atoms with E-state index in [1.165, 1.54) is 19.3 Å². The molecule has 2 heteroatoms. The third kappa shape index (κ3) is 2.30. The predicted molar refractivity (Wildman–Crippen MR) is 69.6 cm³/mol. The van der Waals surface area contributed by atoms with Crippen LogP contribution in [0.1, 0.15) is 52.9 Å². The summed E-state index contributed by atoms with van der Waals surface area (Å²) >= 11 is 0. The van der Waals surface area contributed by atoms with Crippen LogP contribution in [0.5, 0.6) is 0 Å². The van der Waals surface area contributed by atoms with Crippen molar-refractivity contribution in [3.8, 4) is 0 Å². The summed E-state index contributed by atoms with van der Waals surface area (Å²) in [4.78, 5) is 0. The van der Waals surface area contributed by atoms with Gasteiger partial charge >= 0.3 is 0 Å². The highest BCUT2D eigenvalue weighted by molar-refractivity contribution is 5.21. The van der Waals surface area contributed by atoms with Crippen LogP contribution in [0.2, 0.25) is 0 Å². The van der Waals surface area contributed by atoms with Gasteiger partial charge in [0.15, 0.2) is 0 Å².